The monoisotopic (exact) mass is 323 g/mol. The molecule has 0 aliphatic heterocycles. The molecule has 2 N–H and O–H groups in total. The van der Waals surface area contributed by atoms with Crippen LogP contribution in [-0.2, 0) is 6.42 Å². The molecule has 0 amide bonds. The fourth-order valence-electron chi connectivity index (χ4n) is 2.63. The van der Waals surface area contributed by atoms with E-state index in [1.165, 1.54) is 0 Å². The summed E-state index contributed by atoms with van der Waals surface area (Å²) < 4.78 is 5.48. The molecular weight excluding hydrogens is 305 g/mol. The highest BCUT2D eigenvalue weighted by atomic mass is 35.5. The number of rotatable bonds is 4. The normalized spacial score (nSPS) is 12.3. The zero-order valence-electron chi connectivity index (χ0n) is 12.4. The largest absolute Gasteiger partial charge is 0.496 e. The summed E-state index contributed by atoms with van der Waals surface area (Å²) in [7, 11) is 1.66. The minimum absolute atomic E-state index is 0.224. The van der Waals surface area contributed by atoms with Gasteiger partial charge in [-0.2, -0.15) is 0 Å². The molecule has 4 heteroatoms. The second-order valence-electron chi connectivity index (χ2n) is 5.21. The molecule has 21 heavy (non-hydrogen) atoms. The van der Waals surface area contributed by atoms with E-state index >= 15 is 0 Å². The van der Waals surface area contributed by atoms with Gasteiger partial charge in [-0.1, -0.05) is 35.3 Å². The van der Waals surface area contributed by atoms with Crippen LogP contribution >= 0.6 is 23.2 Å². The molecular formula is C17H19Cl2NO. The predicted molar refractivity (Wildman–Crippen MR) is 89.6 cm³/mol. The smallest absolute Gasteiger partial charge is 0.124 e. The van der Waals surface area contributed by atoms with E-state index in [0.717, 1.165) is 28.0 Å². The van der Waals surface area contributed by atoms with Crippen molar-refractivity contribution in [3.05, 3.63) is 62.6 Å². The molecule has 0 saturated heterocycles. The number of aryl methyl sites for hydroxylation is 2. The minimum Gasteiger partial charge on any atom is -0.496 e. The molecule has 0 aliphatic carbocycles. The molecule has 2 aromatic carbocycles. The van der Waals surface area contributed by atoms with Gasteiger partial charge in [0.2, 0.25) is 0 Å². The lowest BCUT2D eigenvalue weighted by Crippen LogP contribution is -2.16. The fraction of sp³-hybridized carbons (Fsp3) is 0.294. The SMILES string of the molecule is COc1cc(C)cc(C)c1C(N)Cc1c(Cl)cccc1Cl. The van der Waals surface area contributed by atoms with E-state index in [1.54, 1.807) is 7.11 Å². The lowest BCUT2D eigenvalue weighted by molar-refractivity contribution is 0.404. The van der Waals surface area contributed by atoms with Gasteiger partial charge in [0.15, 0.2) is 0 Å². The van der Waals surface area contributed by atoms with E-state index in [-0.39, 0.29) is 6.04 Å². The highest BCUT2D eigenvalue weighted by Gasteiger charge is 2.18. The van der Waals surface area contributed by atoms with E-state index in [4.69, 9.17) is 33.7 Å². The third kappa shape index (κ3) is 3.52. The Morgan fingerprint density at radius 3 is 2.33 bits per heavy atom. The van der Waals surface area contributed by atoms with E-state index in [0.29, 0.717) is 16.5 Å². The summed E-state index contributed by atoms with van der Waals surface area (Å²) in [5.74, 6) is 0.808. The first kappa shape index (κ1) is 16.2. The Balaban J connectivity index is 2.39. The van der Waals surface area contributed by atoms with Crippen LogP contribution in [0.5, 0.6) is 5.75 Å². The topological polar surface area (TPSA) is 35.2 Å². The van der Waals surface area contributed by atoms with E-state index in [2.05, 4.69) is 6.07 Å². The van der Waals surface area contributed by atoms with Gasteiger partial charge >= 0.3 is 0 Å². The van der Waals surface area contributed by atoms with Gasteiger partial charge in [0, 0.05) is 21.7 Å². The Kier molecular flexibility index (Phi) is 5.15. The van der Waals surface area contributed by atoms with Gasteiger partial charge in [-0.25, -0.2) is 0 Å². The van der Waals surface area contributed by atoms with Crippen molar-refractivity contribution in [1.29, 1.82) is 0 Å². The number of hydrogen-bond donors (Lipinski definition) is 1. The zero-order valence-corrected chi connectivity index (χ0v) is 13.9. The molecule has 2 rings (SSSR count). The number of ether oxygens (including phenoxy) is 1. The van der Waals surface area contributed by atoms with Crippen molar-refractivity contribution in [2.75, 3.05) is 7.11 Å². The summed E-state index contributed by atoms with van der Waals surface area (Å²) in [5.41, 5.74) is 10.5. The van der Waals surface area contributed by atoms with Crippen molar-refractivity contribution in [2.45, 2.75) is 26.3 Å². The Morgan fingerprint density at radius 1 is 1.14 bits per heavy atom. The molecule has 0 radical (unpaired) electrons. The Morgan fingerprint density at radius 2 is 1.76 bits per heavy atom. The Labute approximate surface area is 135 Å². The van der Waals surface area contributed by atoms with Crippen LogP contribution in [0.15, 0.2) is 30.3 Å². The summed E-state index contributed by atoms with van der Waals surface area (Å²) in [6.07, 6.45) is 0.568. The van der Waals surface area contributed by atoms with E-state index < -0.39 is 0 Å². The van der Waals surface area contributed by atoms with Gasteiger partial charge < -0.3 is 10.5 Å². The van der Waals surface area contributed by atoms with Crippen LogP contribution in [-0.4, -0.2) is 7.11 Å². The maximum atomic E-state index is 6.39. The average Bonchev–Trinajstić information content (AvgIpc) is 2.41. The quantitative estimate of drug-likeness (QED) is 0.871. The molecule has 1 unspecified atom stereocenters. The number of benzene rings is 2. The van der Waals surface area contributed by atoms with Crippen molar-refractivity contribution in [3.63, 3.8) is 0 Å². The number of halogens is 2. The molecule has 0 heterocycles. The maximum Gasteiger partial charge on any atom is 0.124 e. The molecule has 0 fully saturated rings. The molecule has 2 nitrogen and oxygen atoms in total. The highest BCUT2D eigenvalue weighted by molar-refractivity contribution is 6.36. The summed E-state index contributed by atoms with van der Waals surface area (Å²) in [4.78, 5) is 0. The van der Waals surface area contributed by atoms with Crippen LogP contribution in [0.1, 0.15) is 28.3 Å². The van der Waals surface area contributed by atoms with Gasteiger partial charge in [0.1, 0.15) is 5.75 Å². The van der Waals surface area contributed by atoms with Gasteiger partial charge in [0.25, 0.3) is 0 Å². The molecule has 1 atom stereocenters. The van der Waals surface area contributed by atoms with Crippen molar-refractivity contribution in [3.8, 4) is 5.75 Å². The third-order valence-electron chi connectivity index (χ3n) is 3.57. The van der Waals surface area contributed by atoms with Crippen molar-refractivity contribution >= 4 is 23.2 Å². The number of methoxy groups -OCH3 is 1. The summed E-state index contributed by atoms with van der Waals surface area (Å²) in [6.45, 7) is 4.08. The summed E-state index contributed by atoms with van der Waals surface area (Å²) in [5, 5.41) is 1.28. The fourth-order valence-corrected chi connectivity index (χ4v) is 3.18. The minimum atomic E-state index is -0.224. The number of nitrogens with two attached hydrogens (primary N) is 1. The van der Waals surface area contributed by atoms with Crippen molar-refractivity contribution in [2.24, 2.45) is 5.73 Å². The van der Waals surface area contributed by atoms with Gasteiger partial charge in [-0.05, 0) is 55.2 Å². The molecule has 112 valence electrons. The summed E-state index contributed by atoms with van der Waals surface area (Å²) >= 11 is 12.5. The second kappa shape index (κ2) is 6.69. The molecule has 0 saturated carbocycles. The maximum absolute atomic E-state index is 6.39. The molecule has 0 aromatic heterocycles. The predicted octanol–water partition coefficient (Wildman–Crippen LogP) is 4.86. The number of hydrogen-bond acceptors (Lipinski definition) is 2. The lowest BCUT2D eigenvalue weighted by Gasteiger charge is -2.20. The van der Waals surface area contributed by atoms with E-state index in [9.17, 15) is 0 Å². The first-order valence-corrected chi connectivity index (χ1v) is 7.53. The second-order valence-corrected chi connectivity index (χ2v) is 6.02. The van der Waals surface area contributed by atoms with Gasteiger partial charge in [0.05, 0.1) is 7.11 Å². The van der Waals surface area contributed by atoms with Crippen LogP contribution in [0.3, 0.4) is 0 Å². The molecule has 0 bridgehead atoms. The highest BCUT2D eigenvalue weighted by Crippen LogP contribution is 2.34. The lowest BCUT2D eigenvalue weighted by atomic mass is 9.94. The third-order valence-corrected chi connectivity index (χ3v) is 4.28. The van der Waals surface area contributed by atoms with Gasteiger partial charge in [-0.3, -0.25) is 0 Å². The first-order valence-electron chi connectivity index (χ1n) is 6.77. The standard InChI is InChI=1S/C17H19Cl2NO/c1-10-7-11(2)17(16(8-10)21-3)15(20)9-12-13(18)5-4-6-14(12)19/h4-8,15H,9,20H2,1-3H3. The zero-order chi connectivity index (χ0) is 15.6. The van der Waals surface area contributed by atoms with Crippen LogP contribution in [0, 0.1) is 13.8 Å². The molecule has 0 spiro atoms. The molecule has 2 aromatic rings. The van der Waals surface area contributed by atoms with E-state index in [1.807, 2.05) is 38.1 Å². The summed E-state index contributed by atoms with van der Waals surface area (Å²) in [6, 6.07) is 9.36. The first-order chi connectivity index (χ1) is 9.93. The van der Waals surface area contributed by atoms with Crippen molar-refractivity contribution < 1.29 is 4.74 Å². The average molecular weight is 324 g/mol. The van der Waals surface area contributed by atoms with Gasteiger partial charge in [-0.15, -0.1) is 0 Å². The Bertz CT molecular complexity index is 635. The van der Waals surface area contributed by atoms with Crippen LogP contribution in [0.4, 0.5) is 0 Å². The van der Waals surface area contributed by atoms with Crippen molar-refractivity contribution in [1.82, 2.24) is 0 Å². The van der Waals surface area contributed by atoms with Crippen LogP contribution in [0.2, 0.25) is 10.0 Å². The van der Waals surface area contributed by atoms with Crippen LogP contribution < -0.4 is 10.5 Å². The molecule has 0 aliphatic rings. The van der Waals surface area contributed by atoms with Crippen LogP contribution in [0.25, 0.3) is 0 Å². The Hall–Kier alpha value is -1.22.